The van der Waals surface area contributed by atoms with Gasteiger partial charge in [0.05, 0.1) is 28.5 Å². The number of nitrogens with one attached hydrogen (secondary N) is 3. The van der Waals surface area contributed by atoms with Crippen molar-refractivity contribution in [1.82, 2.24) is 15.3 Å². The van der Waals surface area contributed by atoms with Gasteiger partial charge in [0.2, 0.25) is 17.8 Å². The molecule has 0 spiro atoms. The summed E-state index contributed by atoms with van der Waals surface area (Å²) in [6.45, 7) is 1.99. The van der Waals surface area contributed by atoms with Gasteiger partial charge >= 0.3 is 0 Å². The summed E-state index contributed by atoms with van der Waals surface area (Å²) in [4.78, 5) is 37.3. The van der Waals surface area contributed by atoms with Crippen molar-refractivity contribution in [2.45, 2.75) is 12.3 Å². The van der Waals surface area contributed by atoms with Gasteiger partial charge in [0.15, 0.2) is 0 Å². The number of para-hydroxylation sites is 2. The lowest BCUT2D eigenvalue weighted by atomic mass is 10.1. The number of amidine groups is 1. The number of hydrogen-bond donors (Lipinski definition) is 3. The quantitative estimate of drug-likeness (QED) is 0.731. The molecular weight excluding hydrogens is 370 g/mol. The van der Waals surface area contributed by atoms with Gasteiger partial charge in [0.25, 0.3) is 0 Å². The number of aliphatic imine (C=N–C) groups is 1. The average Bonchev–Trinajstić information content (AvgIpc) is 3.17. The van der Waals surface area contributed by atoms with Crippen LogP contribution < -0.4 is 10.6 Å². The van der Waals surface area contributed by atoms with Crippen molar-refractivity contribution in [1.29, 1.82) is 0 Å². The van der Waals surface area contributed by atoms with Crippen molar-refractivity contribution >= 4 is 58.2 Å². The smallest absolute Gasteiger partial charge is 0.236 e. The van der Waals surface area contributed by atoms with Gasteiger partial charge in [-0.15, -0.1) is 23.5 Å². The molecule has 0 saturated carbocycles. The first kappa shape index (κ1) is 17.2. The van der Waals surface area contributed by atoms with Gasteiger partial charge in [-0.25, -0.2) is 4.98 Å². The first-order valence-corrected chi connectivity index (χ1v) is 10.2. The maximum absolute atomic E-state index is 12.1. The minimum atomic E-state index is -0.176. The van der Waals surface area contributed by atoms with E-state index in [4.69, 9.17) is 0 Å². The first-order valence-electron chi connectivity index (χ1n) is 8.13. The molecule has 1 aromatic carbocycles. The number of allylic oxidation sites excluding steroid dienone is 1. The number of thioether (sulfide) groups is 2. The Morgan fingerprint density at radius 2 is 2.23 bits per heavy atom. The second-order valence-electron chi connectivity index (χ2n) is 6.02. The number of H-pyrrole nitrogens is 1. The van der Waals surface area contributed by atoms with Gasteiger partial charge in [0.1, 0.15) is 11.2 Å². The average molecular weight is 387 g/mol. The number of amides is 2. The van der Waals surface area contributed by atoms with Gasteiger partial charge < -0.3 is 10.3 Å². The molecule has 0 saturated heterocycles. The standard InChI is InChI=1S/C17H17N5O2S2/c1-9-6-10-15(24)20-13(21-16(10)26-9)7-25-8-14(23)22-17-18-11-4-2-3-5-12(11)19-17/h2-6,10,16H,7-8H2,1H3,(H,20,21,24)(H2,18,19,22,23). The highest BCUT2D eigenvalue weighted by molar-refractivity contribution is 8.04. The molecule has 2 aliphatic rings. The van der Waals surface area contributed by atoms with Crippen LogP contribution in [0.1, 0.15) is 6.92 Å². The highest BCUT2D eigenvalue weighted by Crippen LogP contribution is 2.38. The topological polar surface area (TPSA) is 99.2 Å². The number of aromatic amines is 1. The van der Waals surface area contributed by atoms with Crippen molar-refractivity contribution in [3.8, 4) is 0 Å². The number of hydrogen-bond acceptors (Lipinski definition) is 6. The van der Waals surface area contributed by atoms with E-state index in [2.05, 4.69) is 25.6 Å². The van der Waals surface area contributed by atoms with Crippen molar-refractivity contribution < 1.29 is 9.59 Å². The third kappa shape index (κ3) is 3.63. The molecule has 1 aromatic heterocycles. The highest BCUT2D eigenvalue weighted by atomic mass is 32.2. The van der Waals surface area contributed by atoms with E-state index < -0.39 is 0 Å². The van der Waals surface area contributed by atoms with Crippen LogP contribution in [0.5, 0.6) is 0 Å². The van der Waals surface area contributed by atoms with Crippen molar-refractivity contribution in [3.63, 3.8) is 0 Å². The fourth-order valence-electron chi connectivity index (χ4n) is 2.86. The van der Waals surface area contributed by atoms with Gasteiger partial charge in [-0.1, -0.05) is 18.2 Å². The van der Waals surface area contributed by atoms with E-state index in [1.807, 2.05) is 37.3 Å². The van der Waals surface area contributed by atoms with E-state index in [0.29, 0.717) is 17.5 Å². The van der Waals surface area contributed by atoms with E-state index in [1.165, 1.54) is 11.8 Å². The number of imidazole rings is 1. The molecule has 3 N–H and O–H groups in total. The molecule has 0 bridgehead atoms. The maximum Gasteiger partial charge on any atom is 0.236 e. The third-order valence-electron chi connectivity index (χ3n) is 4.00. The van der Waals surface area contributed by atoms with E-state index in [-0.39, 0.29) is 28.9 Å². The van der Waals surface area contributed by atoms with Crippen molar-refractivity contribution in [2.75, 3.05) is 16.8 Å². The molecule has 7 nitrogen and oxygen atoms in total. The van der Waals surface area contributed by atoms with E-state index >= 15 is 0 Å². The van der Waals surface area contributed by atoms with Crippen LogP contribution in [0.4, 0.5) is 5.95 Å². The lowest BCUT2D eigenvalue weighted by Gasteiger charge is -2.22. The zero-order valence-electron chi connectivity index (χ0n) is 14.0. The Labute approximate surface area is 158 Å². The Kier molecular flexibility index (Phi) is 4.73. The molecule has 134 valence electrons. The van der Waals surface area contributed by atoms with Crippen LogP contribution in [0.3, 0.4) is 0 Å². The molecule has 9 heteroatoms. The van der Waals surface area contributed by atoms with Crippen LogP contribution in [0.15, 0.2) is 40.2 Å². The molecule has 2 unspecified atom stereocenters. The predicted molar refractivity (Wildman–Crippen MR) is 106 cm³/mol. The number of nitrogens with zero attached hydrogens (tertiary/aromatic N) is 2. The van der Waals surface area contributed by atoms with Crippen LogP contribution in [0, 0.1) is 5.92 Å². The number of anilines is 1. The van der Waals surface area contributed by atoms with Crippen molar-refractivity contribution in [2.24, 2.45) is 10.9 Å². The SMILES string of the molecule is CC1=CC2C(=O)NC(CSCC(=O)Nc3nc4ccccc4[nH]3)=NC2S1. The van der Waals surface area contributed by atoms with Gasteiger partial charge in [-0.05, 0) is 24.0 Å². The van der Waals surface area contributed by atoms with Crippen molar-refractivity contribution in [3.05, 3.63) is 35.2 Å². The van der Waals surface area contributed by atoms with Gasteiger partial charge in [-0.3, -0.25) is 19.9 Å². The fourth-order valence-corrected chi connectivity index (χ4v) is 4.69. The molecular formula is C17H17N5O2S2. The highest BCUT2D eigenvalue weighted by Gasteiger charge is 2.36. The molecule has 4 rings (SSSR count). The van der Waals surface area contributed by atoms with Crippen LogP contribution in [0.2, 0.25) is 0 Å². The molecule has 0 radical (unpaired) electrons. The van der Waals surface area contributed by atoms with E-state index in [0.717, 1.165) is 15.9 Å². The molecule has 0 fully saturated rings. The molecule has 2 amide bonds. The second-order valence-corrected chi connectivity index (χ2v) is 8.37. The first-order chi connectivity index (χ1) is 12.6. The summed E-state index contributed by atoms with van der Waals surface area (Å²) in [7, 11) is 0. The molecule has 26 heavy (non-hydrogen) atoms. The van der Waals surface area contributed by atoms with Crippen LogP contribution in [0.25, 0.3) is 11.0 Å². The zero-order chi connectivity index (χ0) is 18.1. The normalized spacial score (nSPS) is 21.8. The minimum absolute atomic E-state index is 0.0170. The monoisotopic (exact) mass is 387 g/mol. The Hall–Kier alpha value is -2.26. The number of rotatable bonds is 5. The summed E-state index contributed by atoms with van der Waals surface area (Å²) < 4.78 is 0. The predicted octanol–water partition coefficient (Wildman–Crippen LogP) is 2.36. The second kappa shape index (κ2) is 7.16. The van der Waals surface area contributed by atoms with Crippen LogP contribution >= 0.6 is 23.5 Å². The number of fused-ring (bicyclic) bond motifs is 2. The summed E-state index contributed by atoms with van der Waals surface area (Å²) in [5.74, 6) is 1.47. The zero-order valence-corrected chi connectivity index (χ0v) is 15.6. The lowest BCUT2D eigenvalue weighted by Crippen LogP contribution is -2.44. The molecule has 2 aliphatic heterocycles. The molecule has 3 heterocycles. The van der Waals surface area contributed by atoms with E-state index in [9.17, 15) is 9.59 Å². The summed E-state index contributed by atoms with van der Waals surface area (Å²) in [6.07, 6.45) is 1.96. The molecule has 2 atom stereocenters. The summed E-state index contributed by atoms with van der Waals surface area (Å²) >= 11 is 3.02. The van der Waals surface area contributed by atoms with Gasteiger partial charge in [0, 0.05) is 0 Å². The molecule has 2 aromatic rings. The van der Waals surface area contributed by atoms with Gasteiger partial charge in [-0.2, -0.15) is 0 Å². The summed E-state index contributed by atoms with van der Waals surface area (Å²) in [5.41, 5.74) is 1.68. The Bertz CT molecular complexity index is 903. The van der Waals surface area contributed by atoms with E-state index in [1.54, 1.807) is 11.8 Å². The lowest BCUT2D eigenvalue weighted by molar-refractivity contribution is -0.122. The summed E-state index contributed by atoms with van der Waals surface area (Å²) in [5, 5.41) is 5.52. The Morgan fingerprint density at radius 3 is 3.08 bits per heavy atom. The fraction of sp³-hybridized carbons (Fsp3) is 0.294. The number of benzene rings is 1. The Balaban J connectivity index is 1.28. The van der Waals surface area contributed by atoms with Crippen LogP contribution in [-0.4, -0.2) is 44.5 Å². The number of aromatic nitrogens is 2. The molecule has 0 aliphatic carbocycles. The minimum Gasteiger partial charge on any atom is -0.324 e. The third-order valence-corrected chi connectivity index (χ3v) is 6.09. The number of carbonyl (C=O) groups is 2. The summed E-state index contributed by atoms with van der Waals surface area (Å²) in [6, 6.07) is 7.59. The van der Waals surface area contributed by atoms with Crippen LogP contribution in [-0.2, 0) is 9.59 Å². The Morgan fingerprint density at radius 1 is 1.38 bits per heavy atom. The number of carbonyl (C=O) groups excluding carboxylic acids is 2. The largest absolute Gasteiger partial charge is 0.324 e. The maximum atomic E-state index is 12.1.